The second kappa shape index (κ2) is 7.77. The van der Waals surface area contributed by atoms with E-state index in [0.717, 1.165) is 17.9 Å². The zero-order valence-corrected chi connectivity index (χ0v) is 11.3. The molecule has 1 rings (SSSR count). The summed E-state index contributed by atoms with van der Waals surface area (Å²) in [6, 6.07) is 7.79. The van der Waals surface area contributed by atoms with E-state index in [1.807, 2.05) is 37.3 Å². The summed E-state index contributed by atoms with van der Waals surface area (Å²) in [5, 5.41) is 12.4. The van der Waals surface area contributed by atoms with E-state index in [2.05, 4.69) is 11.2 Å². The minimum atomic E-state index is 0.276. The van der Waals surface area contributed by atoms with E-state index in [-0.39, 0.29) is 5.84 Å². The van der Waals surface area contributed by atoms with Crippen LogP contribution < -0.4 is 5.73 Å². The van der Waals surface area contributed by atoms with Crippen LogP contribution in [0.2, 0.25) is 5.02 Å². The number of amidine groups is 1. The van der Waals surface area contributed by atoms with Crippen LogP contribution in [0.15, 0.2) is 41.6 Å². The first kappa shape index (κ1) is 14.6. The van der Waals surface area contributed by atoms with Crippen molar-refractivity contribution in [3.05, 3.63) is 47.0 Å². The molecule has 4 heteroatoms. The number of allylic oxidation sites excluding steroid dienone is 2. The Balaban J connectivity index is 2.67. The van der Waals surface area contributed by atoms with Gasteiger partial charge in [0, 0.05) is 11.4 Å². The molecule has 0 fully saturated rings. The zero-order valence-electron chi connectivity index (χ0n) is 10.5. The number of hydrogen-bond donors (Lipinski definition) is 2. The van der Waals surface area contributed by atoms with Crippen molar-refractivity contribution in [2.75, 3.05) is 0 Å². The lowest BCUT2D eigenvalue weighted by Crippen LogP contribution is -2.18. The number of hydrogen-bond acceptors (Lipinski definition) is 2. The lowest BCUT2D eigenvalue weighted by Gasteiger charge is -2.14. The van der Waals surface area contributed by atoms with E-state index in [9.17, 15) is 0 Å². The average molecular weight is 267 g/mol. The topological polar surface area (TPSA) is 58.6 Å². The number of oxime groups is 1. The van der Waals surface area contributed by atoms with Gasteiger partial charge in [0.2, 0.25) is 0 Å². The highest BCUT2D eigenvalue weighted by atomic mass is 35.5. The van der Waals surface area contributed by atoms with E-state index in [4.69, 9.17) is 22.5 Å². The lowest BCUT2D eigenvalue weighted by molar-refractivity contribution is 0.315. The fraction of sp³-hybridized carbons (Fsp3) is 0.357. The zero-order chi connectivity index (χ0) is 13.4. The van der Waals surface area contributed by atoms with Crippen molar-refractivity contribution in [1.82, 2.24) is 0 Å². The molecule has 0 heterocycles. The Bertz CT molecular complexity index is 412. The van der Waals surface area contributed by atoms with Crippen LogP contribution in [0, 0.1) is 5.92 Å². The molecule has 0 spiro atoms. The van der Waals surface area contributed by atoms with Crippen molar-refractivity contribution in [2.45, 2.75) is 26.2 Å². The molecule has 0 radical (unpaired) electrons. The van der Waals surface area contributed by atoms with Crippen LogP contribution in [0.5, 0.6) is 0 Å². The predicted octanol–water partition coefficient (Wildman–Crippen LogP) is 3.60. The molecule has 1 aromatic carbocycles. The number of rotatable bonds is 6. The summed E-state index contributed by atoms with van der Waals surface area (Å²) in [7, 11) is 0. The predicted molar refractivity (Wildman–Crippen MR) is 76.1 cm³/mol. The number of halogens is 1. The Morgan fingerprint density at radius 1 is 1.44 bits per heavy atom. The molecule has 1 aromatic rings. The Labute approximate surface area is 113 Å². The molecule has 3 N–H and O–H groups in total. The molecule has 3 nitrogen and oxygen atoms in total. The van der Waals surface area contributed by atoms with Gasteiger partial charge in [-0.1, -0.05) is 41.0 Å². The molecule has 0 unspecified atom stereocenters. The first-order valence-electron chi connectivity index (χ1n) is 5.97. The third kappa shape index (κ3) is 5.23. The van der Waals surface area contributed by atoms with Gasteiger partial charge in [-0.15, -0.1) is 0 Å². The molecule has 0 aliphatic heterocycles. The van der Waals surface area contributed by atoms with Gasteiger partial charge in [0.1, 0.15) is 5.84 Å². The molecule has 0 amide bonds. The minimum Gasteiger partial charge on any atom is -0.409 e. The maximum atomic E-state index is 8.64. The fourth-order valence-corrected chi connectivity index (χ4v) is 1.98. The van der Waals surface area contributed by atoms with E-state index >= 15 is 0 Å². The Morgan fingerprint density at radius 3 is 2.67 bits per heavy atom. The second-order valence-electron chi connectivity index (χ2n) is 4.30. The minimum absolute atomic E-state index is 0.276. The second-order valence-corrected chi connectivity index (χ2v) is 4.73. The molecule has 98 valence electrons. The average Bonchev–Trinajstić information content (AvgIpc) is 2.38. The summed E-state index contributed by atoms with van der Waals surface area (Å²) in [5.41, 5.74) is 6.79. The summed E-state index contributed by atoms with van der Waals surface area (Å²) >= 11 is 5.86. The first-order chi connectivity index (χ1) is 8.65. The summed E-state index contributed by atoms with van der Waals surface area (Å²) in [6.07, 6.45) is 6.50. The maximum Gasteiger partial charge on any atom is 0.139 e. The molecule has 0 saturated carbocycles. The molecule has 0 bridgehead atoms. The van der Waals surface area contributed by atoms with Gasteiger partial charge in [-0.05, 0) is 43.4 Å². The van der Waals surface area contributed by atoms with Crippen LogP contribution in [0.1, 0.15) is 25.3 Å². The highest BCUT2D eigenvalue weighted by molar-refractivity contribution is 6.30. The summed E-state index contributed by atoms with van der Waals surface area (Å²) in [5.74, 6) is 0.608. The summed E-state index contributed by atoms with van der Waals surface area (Å²) < 4.78 is 0. The number of benzene rings is 1. The van der Waals surface area contributed by atoms with Crippen molar-refractivity contribution >= 4 is 17.4 Å². The largest absolute Gasteiger partial charge is 0.409 e. The number of nitrogens with zero attached hydrogens (tertiary/aromatic N) is 1. The highest BCUT2D eigenvalue weighted by Gasteiger charge is 2.11. The van der Waals surface area contributed by atoms with Gasteiger partial charge in [-0.3, -0.25) is 0 Å². The van der Waals surface area contributed by atoms with Crippen LogP contribution in [0.25, 0.3) is 0 Å². The third-order valence-electron chi connectivity index (χ3n) is 2.77. The van der Waals surface area contributed by atoms with Crippen molar-refractivity contribution in [2.24, 2.45) is 16.8 Å². The molecule has 0 saturated heterocycles. The third-order valence-corrected chi connectivity index (χ3v) is 3.02. The summed E-state index contributed by atoms with van der Waals surface area (Å²) in [4.78, 5) is 0. The molecule has 1 atom stereocenters. The van der Waals surface area contributed by atoms with Gasteiger partial charge in [0.15, 0.2) is 0 Å². The first-order valence-corrected chi connectivity index (χ1v) is 6.35. The maximum absolute atomic E-state index is 8.64. The van der Waals surface area contributed by atoms with Gasteiger partial charge in [0.25, 0.3) is 0 Å². The van der Waals surface area contributed by atoms with E-state index < -0.39 is 0 Å². The molecule has 0 aliphatic carbocycles. The van der Waals surface area contributed by atoms with E-state index in [1.54, 1.807) is 0 Å². The summed E-state index contributed by atoms with van der Waals surface area (Å²) in [6.45, 7) is 1.99. The Kier molecular flexibility index (Phi) is 6.29. The fourth-order valence-electron chi connectivity index (χ4n) is 1.86. The van der Waals surface area contributed by atoms with Crippen molar-refractivity contribution in [3.8, 4) is 0 Å². The van der Waals surface area contributed by atoms with E-state index in [1.165, 1.54) is 5.56 Å². The molecule has 0 aromatic heterocycles. The van der Waals surface area contributed by atoms with Crippen LogP contribution in [0.3, 0.4) is 0 Å². The smallest absolute Gasteiger partial charge is 0.139 e. The SMILES string of the molecule is C/C=C\C[C@H](C/C(N)=N/O)Cc1ccc(Cl)cc1. The van der Waals surface area contributed by atoms with Gasteiger partial charge < -0.3 is 10.9 Å². The van der Waals surface area contributed by atoms with E-state index in [0.29, 0.717) is 12.3 Å². The standard InChI is InChI=1S/C14H19ClN2O/c1-2-3-4-12(10-14(16)17-18)9-11-5-7-13(15)8-6-11/h2-3,5-8,12,18H,4,9-10H2,1H3,(H2,16,17)/b3-2-/t12-/m0/s1. The van der Waals surface area contributed by atoms with Gasteiger partial charge in [0.05, 0.1) is 0 Å². The molecular formula is C14H19ClN2O. The van der Waals surface area contributed by atoms with Gasteiger partial charge in [-0.25, -0.2) is 0 Å². The van der Waals surface area contributed by atoms with Gasteiger partial charge in [-0.2, -0.15) is 0 Å². The highest BCUT2D eigenvalue weighted by Crippen LogP contribution is 2.18. The normalized spacial score (nSPS) is 14.0. The van der Waals surface area contributed by atoms with Gasteiger partial charge >= 0.3 is 0 Å². The molecular weight excluding hydrogens is 248 g/mol. The molecule has 0 aliphatic rings. The Morgan fingerprint density at radius 2 is 2.11 bits per heavy atom. The number of nitrogens with two attached hydrogens (primary N) is 1. The molecule has 18 heavy (non-hydrogen) atoms. The van der Waals surface area contributed by atoms with Crippen molar-refractivity contribution < 1.29 is 5.21 Å². The van der Waals surface area contributed by atoms with Crippen LogP contribution in [-0.2, 0) is 6.42 Å². The van der Waals surface area contributed by atoms with Crippen molar-refractivity contribution in [1.29, 1.82) is 0 Å². The van der Waals surface area contributed by atoms with Crippen LogP contribution in [-0.4, -0.2) is 11.0 Å². The Hall–Kier alpha value is -1.48. The van der Waals surface area contributed by atoms with Crippen LogP contribution >= 0.6 is 11.6 Å². The quantitative estimate of drug-likeness (QED) is 0.272. The van der Waals surface area contributed by atoms with Crippen molar-refractivity contribution in [3.63, 3.8) is 0 Å². The monoisotopic (exact) mass is 266 g/mol. The lowest BCUT2D eigenvalue weighted by atomic mass is 9.92. The van der Waals surface area contributed by atoms with Crippen LogP contribution in [0.4, 0.5) is 0 Å².